The van der Waals surface area contributed by atoms with Crippen LogP contribution in [0.3, 0.4) is 0 Å². The van der Waals surface area contributed by atoms with E-state index in [1.54, 1.807) is 17.2 Å². The summed E-state index contributed by atoms with van der Waals surface area (Å²) in [6.07, 6.45) is 4.95. The molecule has 0 N–H and O–H groups in total. The van der Waals surface area contributed by atoms with Gasteiger partial charge in [0.05, 0.1) is 23.1 Å². The summed E-state index contributed by atoms with van der Waals surface area (Å²) >= 11 is 1.42. The molecule has 3 aromatic heterocycles. The first-order valence-electron chi connectivity index (χ1n) is 7.41. The van der Waals surface area contributed by atoms with E-state index in [0.29, 0.717) is 16.8 Å². The minimum absolute atomic E-state index is 0.00798. The van der Waals surface area contributed by atoms with Crippen LogP contribution in [0.4, 0.5) is 5.69 Å². The van der Waals surface area contributed by atoms with E-state index >= 15 is 0 Å². The van der Waals surface area contributed by atoms with Gasteiger partial charge in [0.1, 0.15) is 11.4 Å². The number of anilines is 1. The van der Waals surface area contributed by atoms with E-state index in [0.717, 1.165) is 24.2 Å². The topological polar surface area (TPSA) is 68.1 Å². The van der Waals surface area contributed by atoms with Gasteiger partial charge in [0.2, 0.25) is 5.91 Å². The summed E-state index contributed by atoms with van der Waals surface area (Å²) in [5, 5.41) is 2.39. The molecule has 0 spiro atoms. The van der Waals surface area contributed by atoms with Gasteiger partial charge in [0.25, 0.3) is 5.56 Å². The Bertz CT molecular complexity index is 946. The third-order valence-electron chi connectivity index (χ3n) is 4.01. The molecule has 0 atom stereocenters. The fourth-order valence-electron chi connectivity index (χ4n) is 2.89. The molecule has 0 aliphatic carbocycles. The zero-order chi connectivity index (χ0) is 15.8. The molecule has 0 fully saturated rings. The second-order valence-corrected chi connectivity index (χ2v) is 6.33. The fraction of sp³-hybridized carbons (Fsp3) is 0.250. The van der Waals surface area contributed by atoms with Crippen molar-refractivity contribution in [3.8, 4) is 0 Å². The monoisotopic (exact) mass is 326 g/mol. The summed E-state index contributed by atoms with van der Waals surface area (Å²) in [5.41, 5.74) is 1.61. The van der Waals surface area contributed by atoms with E-state index in [9.17, 15) is 9.59 Å². The summed E-state index contributed by atoms with van der Waals surface area (Å²) in [6.45, 7) is 0.645. The zero-order valence-corrected chi connectivity index (χ0v) is 13.1. The highest BCUT2D eigenvalue weighted by atomic mass is 32.1. The van der Waals surface area contributed by atoms with E-state index in [-0.39, 0.29) is 18.0 Å². The van der Waals surface area contributed by atoms with Crippen molar-refractivity contribution < 1.29 is 4.79 Å². The molecule has 4 heterocycles. The van der Waals surface area contributed by atoms with Gasteiger partial charge < -0.3 is 4.90 Å². The van der Waals surface area contributed by atoms with Crippen LogP contribution in [0.2, 0.25) is 0 Å². The third kappa shape index (κ3) is 2.43. The summed E-state index contributed by atoms with van der Waals surface area (Å²) in [7, 11) is 0. The van der Waals surface area contributed by atoms with E-state index in [2.05, 4.69) is 9.97 Å². The van der Waals surface area contributed by atoms with E-state index < -0.39 is 0 Å². The molecule has 0 aromatic carbocycles. The number of aryl methyl sites for hydroxylation is 1. The van der Waals surface area contributed by atoms with Crippen LogP contribution in [0.15, 0.2) is 40.9 Å². The summed E-state index contributed by atoms with van der Waals surface area (Å²) < 4.78 is 1.38. The Kier molecular flexibility index (Phi) is 3.42. The molecule has 1 aliphatic heterocycles. The molecular formula is C16H14N4O2S. The highest BCUT2D eigenvalue weighted by Gasteiger charge is 2.23. The number of hydrogen-bond acceptors (Lipinski definition) is 5. The van der Waals surface area contributed by atoms with E-state index in [1.165, 1.54) is 22.2 Å². The zero-order valence-electron chi connectivity index (χ0n) is 12.3. The van der Waals surface area contributed by atoms with Gasteiger partial charge in [0, 0.05) is 12.7 Å². The number of nitrogens with zero attached hydrogens (tertiary/aromatic N) is 4. The fourth-order valence-corrected chi connectivity index (χ4v) is 3.61. The lowest BCUT2D eigenvalue weighted by Crippen LogP contribution is -2.39. The predicted octanol–water partition coefficient (Wildman–Crippen LogP) is 1.83. The second kappa shape index (κ2) is 5.58. The molecule has 0 saturated heterocycles. The summed E-state index contributed by atoms with van der Waals surface area (Å²) in [4.78, 5) is 36.1. The number of fused-ring (bicyclic) bond motifs is 2. The Labute approximate surface area is 136 Å². The van der Waals surface area contributed by atoms with Crippen molar-refractivity contribution in [1.29, 1.82) is 0 Å². The Morgan fingerprint density at radius 3 is 3.13 bits per heavy atom. The predicted molar refractivity (Wildman–Crippen MR) is 88.8 cm³/mol. The van der Waals surface area contributed by atoms with Crippen LogP contribution >= 0.6 is 11.3 Å². The molecule has 3 aromatic rings. The van der Waals surface area contributed by atoms with Gasteiger partial charge in [-0.15, -0.1) is 11.3 Å². The highest BCUT2D eigenvalue weighted by molar-refractivity contribution is 7.16. The third-order valence-corrected chi connectivity index (χ3v) is 4.83. The first-order chi connectivity index (χ1) is 11.2. The molecule has 0 unspecified atom stereocenters. The number of amides is 1. The molecule has 0 saturated carbocycles. The summed E-state index contributed by atoms with van der Waals surface area (Å²) in [5.74, 6) is -0.113. The lowest BCUT2D eigenvalue weighted by molar-refractivity contribution is -0.119. The average Bonchev–Trinajstić information content (AvgIpc) is 3.06. The minimum Gasteiger partial charge on any atom is -0.309 e. The standard InChI is InChI=1S/C16H14N4O2S/c21-14(20-7-2-3-12-13(20)4-1-6-17-12)9-19-10-18-15-11(16(19)22)5-8-23-15/h1,4-6,8,10H,2-3,7,9H2. The van der Waals surface area contributed by atoms with E-state index in [4.69, 9.17) is 0 Å². The molecule has 23 heavy (non-hydrogen) atoms. The molecule has 6 nitrogen and oxygen atoms in total. The van der Waals surface area contributed by atoms with Gasteiger partial charge in [-0.2, -0.15) is 0 Å². The van der Waals surface area contributed by atoms with Crippen LogP contribution in [-0.2, 0) is 17.8 Å². The Balaban J connectivity index is 1.65. The maximum Gasteiger partial charge on any atom is 0.262 e. The van der Waals surface area contributed by atoms with Crippen LogP contribution < -0.4 is 10.5 Å². The van der Waals surface area contributed by atoms with Crippen molar-refractivity contribution in [2.45, 2.75) is 19.4 Å². The maximum absolute atomic E-state index is 12.7. The number of carbonyl (C=O) groups excluding carboxylic acids is 1. The first kappa shape index (κ1) is 14.1. The van der Waals surface area contributed by atoms with Crippen molar-refractivity contribution in [2.24, 2.45) is 0 Å². The maximum atomic E-state index is 12.7. The van der Waals surface area contributed by atoms with Crippen molar-refractivity contribution >= 4 is 33.1 Å². The average molecular weight is 326 g/mol. The molecular weight excluding hydrogens is 312 g/mol. The van der Waals surface area contributed by atoms with Gasteiger partial charge in [-0.1, -0.05) is 0 Å². The first-order valence-corrected chi connectivity index (χ1v) is 8.29. The molecule has 116 valence electrons. The Hall–Kier alpha value is -2.54. The SMILES string of the molecule is O=C(Cn1cnc2sccc2c1=O)N1CCCc2ncccc21. The summed E-state index contributed by atoms with van der Waals surface area (Å²) in [6, 6.07) is 5.48. The van der Waals surface area contributed by atoms with Gasteiger partial charge >= 0.3 is 0 Å². The number of aromatic nitrogens is 3. The number of rotatable bonds is 2. The quantitative estimate of drug-likeness (QED) is 0.720. The van der Waals surface area contributed by atoms with Crippen molar-refractivity contribution in [2.75, 3.05) is 11.4 Å². The normalized spacial score (nSPS) is 14.0. The second-order valence-electron chi connectivity index (χ2n) is 5.44. The Morgan fingerprint density at radius 2 is 2.22 bits per heavy atom. The largest absolute Gasteiger partial charge is 0.309 e. The molecule has 1 aliphatic rings. The van der Waals surface area contributed by atoms with Crippen molar-refractivity contribution in [1.82, 2.24) is 14.5 Å². The smallest absolute Gasteiger partial charge is 0.262 e. The van der Waals surface area contributed by atoms with Gasteiger partial charge in [0.15, 0.2) is 0 Å². The van der Waals surface area contributed by atoms with Gasteiger partial charge in [-0.05, 0) is 36.4 Å². The van der Waals surface area contributed by atoms with Crippen LogP contribution in [0.5, 0.6) is 0 Å². The lowest BCUT2D eigenvalue weighted by Gasteiger charge is -2.28. The van der Waals surface area contributed by atoms with Crippen molar-refractivity contribution in [3.05, 3.63) is 52.2 Å². The minimum atomic E-state index is -0.173. The molecule has 7 heteroatoms. The van der Waals surface area contributed by atoms with Gasteiger partial charge in [-0.25, -0.2) is 4.98 Å². The molecule has 0 radical (unpaired) electrons. The number of thiophene rings is 1. The number of hydrogen-bond donors (Lipinski definition) is 0. The van der Waals surface area contributed by atoms with Crippen LogP contribution in [0.1, 0.15) is 12.1 Å². The molecule has 1 amide bonds. The van der Waals surface area contributed by atoms with Crippen LogP contribution in [0.25, 0.3) is 10.2 Å². The lowest BCUT2D eigenvalue weighted by atomic mass is 10.1. The molecule has 4 rings (SSSR count). The highest BCUT2D eigenvalue weighted by Crippen LogP contribution is 2.25. The molecule has 0 bridgehead atoms. The Morgan fingerprint density at radius 1 is 1.30 bits per heavy atom. The van der Waals surface area contributed by atoms with Crippen LogP contribution in [0, 0.1) is 0 Å². The van der Waals surface area contributed by atoms with Gasteiger partial charge in [-0.3, -0.25) is 19.1 Å². The number of carbonyl (C=O) groups is 1. The number of pyridine rings is 1. The van der Waals surface area contributed by atoms with Crippen molar-refractivity contribution in [3.63, 3.8) is 0 Å². The van der Waals surface area contributed by atoms with Crippen LogP contribution in [-0.4, -0.2) is 27.0 Å². The van der Waals surface area contributed by atoms with E-state index in [1.807, 2.05) is 17.5 Å².